The maximum absolute atomic E-state index is 5.57. The van der Waals surface area contributed by atoms with E-state index in [4.69, 9.17) is 5.84 Å². The maximum Gasteiger partial charge on any atom is 0.239 e. The van der Waals surface area contributed by atoms with Gasteiger partial charge in [-0.25, -0.2) is 10.8 Å². The number of nitrogens with one attached hydrogen (secondary N) is 1. The number of nitrogen functional groups attached to an aromatic ring is 1. The third kappa shape index (κ3) is 2.54. The van der Waals surface area contributed by atoms with Gasteiger partial charge in [-0.1, -0.05) is 34.1 Å². The number of benzene rings is 2. The number of nitrogens with two attached hydrogens (primary N) is 1. The molecule has 0 atom stereocenters. The van der Waals surface area contributed by atoms with Crippen LogP contribution in [0, 0.1) is 0 Å². The molecule has 0 radical (unpaired) electrons. The molecule has 6 heteroatoms. The first-order valence-electron chi connectivity index (χ1n) is 7.55. The molecular formula is C17H16BrN5. The fourth-order valence-electron chi connectivity index (χ4n) is 3.11. The summed E-state index contributed by atoms with van der Waals surface area (Å²) in [4.78, 5) is 11.4. The minimum absolute atomic E-state index is 0.425. The number of hydrazine groups is 1. The molecule has 4 rings (SSSR count). The van der Waals surface area contributed by atoms with E-state index in [1.807, 2.05) is 18.2 Å². The van der Waals surface area contributed by atoms with Crippen molar-refractivity contribution in [2.24, 2.45) is 5.84 Å². The average molecular weight is 370 g/mol. The van der Waals surface area contributed by atoms with Gasteiger partial charge in [0.15, 0.2) is 0 Å². The molecule has 23 heavy (non-hydrogen) atoms. The third-order valence-electron chi connectivity index (χ3n) is 4.13. The smallest absolute Gasteiger partial charge is 0.239 e. The lowest BCUT2D eigenvalue weighted by atomic mass is 10.0. The van der Waals surface area contributed by atoms with Crippen LogP contribution in [0.2, 0.25) is 0 Å². The summed E-state index contributed by atoms with van der Waals surface area (Å²) in [6, 6.07) is 14.5. The number of aromatic nitrogens is 2. The summed E-state index contributed by atoms with van der Waals surface area (Å²) in [6.07, 6.45) is 2.20. The van der Waals surface area contributed by atoms with Crippen molar-refractivity contribution in [1.29, 1.82) is 0 Å². The van der Waals surface area contributed by atoms with Gasteiger partial charge in [0, 0.05) is 22.1 Å². The molecule has 2 heterocycles. The van der Waals surface area contributed by atoms with E-state index >= 15 is 0 Å². The molecule has 1 aliphatic rings. The summed E-state index contributed by atoms with van der Waals surface area (Å²) in [7, 11) is 0. The van der Waals surface area contributed by atoms with Crippen molar-refractivity contribution in [3.8, 4) is 0 Å². The van der Waals surface area contributed by atoms with Gasteiger partial charge < -0.3 is 4.90 Å². The molecule has 3 aromatic rings. The topological polar surface area (TPSA) is 67.1 Å². The van der Waals surface area contributed by atoms with Crippen LogP contribution in [0.5, 0.6) is 0 Å². The largest absolute Gasteiger partial charge is 0.325 e. The summed E-state index contributed by atoms with van der Waals surface area (Å²) in [5.41, 5.74) is 6.00. The molecule has 1 aliphatic heterocycles. The van der Waals surface area contributed by atoms with E-state index in [0.29, 0.717) is 5.95 Å². The zero-order valence-corrected chi connectivity index (χ0v) is 14.0. The van der Waals surface area contributed by atoms with Crippen molar-refractivity contribution in [1.82, 2.24) is 9.97 Å². The molecule has 0 unspecified atom stereocenters. The lowest BCUT2D eigenvalue weighted by molar-refractivity contribution is 0.761. The van der Waals surface area contributed by atoms with Crippen molar-refractivity contribution < 1.29 is 0 Å². The Bertz CT molecular complexity index is 880. The maximum atomic E-state index is 5.57. The lowest BCUT2D eigenvalue weighted by Crippen LogP contribution is -2.26. The Labute approximate surface area is 142 Å². The molecule has 0 amide bonds. The Balaban J connectivity index is 1.95. The van der Waals surface area contributed by atoms with E-state index in [-0.39, 0.29) is 0 Å². The predicted molar refractivity (Wildman–Crippen MR) is 96.8 cm³/mol. The Morgan fingerprint density at radius 3 is 2.87 bits per heavy atom. The van der Waals surface area contributed by atoms with Gasteiger partial charge in [0.25, 0.3) is 0 Å². The van der Waals surface area contributed by atoms with Crippen LogP contribution in [0.25, 0.3) is 10.9 Å². The standard InChI is InChI=1S/C17H16BrN5/c18-12-7-8-13-14(10-12)20-17(22-19)21-16(13)23-9-3-5-11-4-1-2-6-15(11)23/h1-2,4,6-8,10H,3,5,9,19H2,(H,20,21,22). The zero-order chi connectivity index (χ0) is 15.8. The van der Waals surface area contributed by atoms with Crippen LogP contribution >= 0.6 is 15.9 Å². The number of hydrogen-bond donors (Lipinski definition) is 2. The molecule has 2 aromatic carbocycles. The molecule has 1 aromatic heterocycles. The SMILES string of the molecule is NNc1nc(N2CCCc3ccccc32)c2ccc(Br)cc2n1. The second-order valence-electron chi connectivity index (χ2n) is 5.56. The summed E-state index contributed by atoms with van der Waals surface area (Å²) in [6.45, 7) is 0.934. The normalized spacial score (nSPS) is 13.9. The van der Waals surface area contributed by atoms with Crippen LogP contribution in [-0.4, -0.2) is 16.5 Å². The fourth-order valence-corrected chi connectivity index (χ4v) is 3.46. The Kier molecular flexibility index (Phi) is 3.63. The van der Waals surface area contributed by atoms with Crippen LogP contribution in [0.3, 0.4) is 0 Å². The fraction of sp³-hybridized carbons (Fsp3) is 0.176. The first-order chi connectivity index (χ1) is 11.3. The van der Waals surface area contributed by atoms with E-state index in [0.717, 1.165) is 40.6 Å². The Hall–Kier alpha value is -2.18. The van der Waals surface area contributed by atoms with Crippen molar-refractivity contribution in [2.75, 3.05) is 16.9 Å². The zero-order valence-electron chi connectivity index (χ0n) is 12.5. The molecular weight excluding hydrogens is 354 g/mol. The van der Waals surface area contributed by atoms with E-state index < -0.39 is 0 Å². The van der Waals surface area contributed by atoms with Crippen LogP contribution in [0.15, 0.2) is 46.9 Å². The van der Waals surface area contributed by atoms with Gasteiger partial charge in [0.1, 0.15) is 5.82 Å². The number of para-hydroxylation sites is 1. The monoisotopic (exact) mass is 369 g/mol. The average Bonchev–Trinajstić information content (AvgIpc) is 2.60. The minimum Gasteiger partial charge on any atom is -0.325 e. The Morgan fingerprint density at radius 1 is 1.13 bits per heavy atom. The quantitative estimate of drug-likeness (QED) is 0.531. The molecule has 5 nitrogen and oxygen atoms in total. The summed E-state index contributed by atoms with van der Waals surface area (Å²) < 4.78 is 0.983. The molecule has 0 spiro atoms. The number of aryl methyl sites for hydroxylation is 1. The van der Waals surface area contributed by atoms with Gasteiger partial charge in [0.05, 0.1) is 5.52 Å². The number of hydrogen-bond acceptors (Lipinski definition) is 5. The second kappa shape index (κ2) is 5.79. The number of anilines is 3. The second-order valence-corrected chi connectivity index (χ2v) is 6.48. The minimum atomic E-state index is 0.425. The lowest BCUT2D eigenvalue weighted by Gasteiger charge is -2.31. The molecule has 0 bridgehead atoms. The third-order valence-corrected chi connectivity index (χ3v) is 4.63. The van der Waals surface area contributed by atoms with Gasteiger partial charge in [0.2, 0.25) is 5.95 Å². The highest BCUT2D eigenvalue weighted by atomic mass is 79.9. The number of rotatable bonds is 2. The van der Waals surface area contributed by atoms with Gasteiger partial charge >= 0.3 is 0 Å². The van der Waals surface area contributed by atoms with E-state index in [1.165, 1.54) is 11.3 Å². The van der Waals surface area contributed by atoms with Gasteiger partial charge in [-0.3, -0.25) is 5.43 Å². The van der Waals surface area contributed by atoms with E-state index in [2.05, 4.69) is 60.5 Å². The molecule has 116 valence electrons. The molecule has 0 saturated carbocycles. The van der Waals surface area contributed by atoms with Crippen molar-refractivity contribution in [3.05, 3.63) is 52.5 Å². The molecule has 3 N–H and O–H groups in total. The van der Waals surface area contributed by atoms with Gasteiger partial charge in [-0.15, -0.1) is 0 Å². The van der Waals surface area contributed by atoms with Crippen LogP contribution < -0.4 is 16.2 Å². The van der Waals surface area contributed by atoms with E-state index in [9.17, 15) is 0 Å². The highest BCUT2D eigenvalue weighted by molar-refractivity contribution is 9.10. The van der Waals surface area contributed by atoms with Gasteiger partial charge in [-0.2, -0.15) is 4.98 Å². The van der Waals surface area contributed by atoms with Crippen molar-refractivity contribution in [3.63, 3.8) is 0 Å². The number of halogens is 1. The number of fused-ring (bicyclic) bond motifs is 2. The van der Waals surface area contributed by atoms with Crippen LogP contribution in [0.1, 0.15) is 12.0 Å². The van der Waals surface area contributed by atoms with Crippen molar-refractivity contribution in [2.45, 2.75) is 12.8 Å². The highest BCUT2D eigenvalue weighted by Crippen LogP contribution is 2.36. The summed E-state index contributed by atoms with van der Waals surface area (Å²) in [5.74, 6) is 6.88. The Morgan fingerprint density at radius 2 is 2.00 bits per heavy atom. The predicted octanol–water partition coefficient (Wildman–Crippen LogP) is 3.76. The van der Waals surface area contributed by atoms with Crippen LogP contribution in [-0.2, 0) is 6.42 Å². The first-order valence-corrected chi connectivity index (χ1v) is 8.35. The number of nitrogens with zero attached hydrogens (tertiary/aromatic N) is 3. The van der Waals surface area contributed by atoms with Crippen molar-refractivity contribution >= 4 is 44.3 Å². The van der Waals surface area contributed by atoms with Gasteiger partial charge in [-0.05, 0) is 42.7 Å². The summed E-state index contributed by atoms with van der Waals surface area (Å²) >= 11 is 3.50. The first kappa shape index (κ1) is 14.4. The van der Waals surface area contributed by atoms with Crippen LogP contribution in [0.4, 0.5) is 17.5 Å². The molecule has 0 fully saturated rings. The summed E-state index contributed by atoms with van der Waals surface area (Å²) in [5, 5.41) is 1.02. The molecule has 0 aliphatic carbocycles. The molecule has 0 saturated heterocycles. The van der Waals surface area contributed by atoms with E-state index in [1.54, 1.807) is 0 Å². The highest BCUT2D eigenvalue weighted by Gasteiger charge is 2.21.